The summed E-state index contributed by atoms with van der Waals surface area (Å²) in [6, 6.07) is 2.00. The summed E-state index contributed by atoms with van der Waals surface area (Å²) in [5.41, 5.74) is 7.13. The van der Waals surface area contributed by atoms with Gasteiger partial charge in [-0.1, -0.05) is 32.6 Å². The van der Waals surface area contributed by atoms with Gasteiger partial charge in [-0.2, -0.15) is 0 Å². The number of nitrogens with one attached hydrogen (secondary N) is 1. The van der Waals surface area contributed by atoms with Crippen molar-refractivity contribution in [1.29, 1.82) is 0 Å². The second kappa shape index (κ2) is 7.01. The molecule has 2 rings (SSSR count). The van der Waals surface area contributed by atoms with Gasteiger partial charge in [0, 0.05) is 18.8 Å². The van der Waals surface area contributed by atoms with Crippen LogP contribution in [0.3, 0.4) is 0 Å². The smallest absolute Gasteiger partial charge is 0.267 e. The Balaban J connectivity index is 1.82. The Kier molecular flexibility index (Phi) is 5.32. The molecule has 0 aromatic carbocycles. The third-order valence-electron chi connectivity index (χ3n) is 4.63. The summed E-state index contributed by atoms with van der Waals surface area (Å²) in [5.74, 6) is 1.65. The molecule has 0 spiro atoms. The third kappa shape index (κ3) is 4.26. The quantitative estimate of drug-likeness (QED) is 0.870. The first-order valence-corrected chi connectivity index (χ1v) is 8.23. The van der Waals surface area contributed by atoms with Crippen molar-refractivity contribution in [2.24, 2.45) is 11.8 Å². The molecular weight excluding hydrogens is 262 g/mol. The van der Waals surface area contributed by atoms with Crippen LogP contribution in [0.1, 0.15) is 69.4 Å². The van der Waals surface area contributed by atoms with E-state index in [1.54, 1.807) is 6.07 Å². The largest absolute Gasteiger partial charge is 0.397 e. The van der Waals surface area contributed by atoms with Crippen LogP contribution in [0, 0.1) is 11.8 Å². The fraction of sp³-hybridized carbons (Fsp3) is 0.706. The Hall–Kier alpha value is -1.45. The lowest BCUT2D eigenvalue weighted by molar-refractivity contribution is 0.0939. The normalized spacial score (nSPS) is 22.5. The Labute approximate surface area is 128 Å². The zero-order valence-corrected chi connectivity index (χ0v) is 13.6. The lowest BCUT2D eigenvalue weighted by Gasteiger charge is -2.26. The van der Waals surface area contributed by atoms with E-state index in [0.717, 1.165) is 24.8 Å². The van der Waals surface area contributed by atoms with Gasteiger partial charge < -0.3 is 15.6 Å². The van der Waals surface area contributed by atoms with Gasteiger partial charge in [0.2, 0.25) is 0 Å². The molecule has 0 saturated heterocycles. The van der Waals surface area contributed by atoms with Gasteiger partial charge in [0.15, 0.2) is 0 Å². The van der Waals surface area contributed by atoms with Crippen LogP contribution < -0.4 is 11.1 Å². The summed E-state index contributed by atoms with van der Waals surface area (Å²) in [5, 5.41) is 3.05. The lowest BCUT2D eigenvalue weighted by Crippen LogP contribution is -2.29. The summed E-state index contributed by atoms with van der Waals surface area (Å²) < 4.78 is 1.94. The lowest BCUT2D eigenvalue weighted by atomic mass is 9.81. The van der Waals surface area contributed by atoms with Crippen molar-refractivity contribution in [3.05, 3.63) is 18.0 Å². The van der Waals surface area contributed by atoms with E-state index in [9.17, 15) is 4.79 Å². The van der Waals surface area contributed by atoms with Crippen LogP contribution in [-0.4, -0.2) is 17.0 Å². The Morgan fingerprint density at radius 2 is 2.05 bits per heavy atom. The van der Waals surface area contributed by atoms with E-state index in [0.29, 0.717) is 11.4 Å². The van der Waals surface area contributed by atoms with Crippen molar-refractivity contribution < 1.29 is 4.79 Å². The van der Waals surface area contributed by atoms with E-state index in [1.807, 2.05) is 10.8 Å². The second-order valence-electron chi connectivity index (χ2n) is 6.83. The highest BCUT2D eigenvalue weighted by atomic mass is 16.1. The summed E-state index contributed by atoms with van der Waals surface area (Å²) in [4.78, 5) is 12.3. The molecule has 1 aromatic heterocycles. The van der Waals surface area contributed by atoms with Crippen LogP contribution >= 0.6 is 0 Å². The molecule has 1 amide bonds. The summed E-state index contributed by atoms with van der Waals surface area (Å²) >= 11 is 0. The first kappa shape index (κ1) is 15.9. The molecule has 0 radical (unpaired) electrons. The molecule has 118 valence electrons. The average Bonchev–Trinajstić information content (AvgIpc) is 2.83. The van der Waals surface area contributed by atoms with Crippen LogP contribution in [0.5, 0.6) is 0 Å². The van der Waals surface area contributed by atoms with Crippen LogP contribution in [0.2, 0.25) is 0 Å². The number of hydrogen-bond donors (Lipinski definition) is 2. The molecule has 0 bridgehead atoms. The summed E-state index contributed by atoms with van der Waals surface area (Å²) in [7, 11) is 0. The maximum absolute atomic E-state index is 12.3. The fourth-order valence-corrected chi connectivity index (χ4v) is 3.21. The molecule has 1 aromatic rings. The standard InChI is InChI=1S/C17H29N3O/c1-12(2)20-11-15(18)10-16(20)17(21)19-9-8-14-6-4-13(3)5-7-14/h10-14H,4-9,18H2,1-3H3,(H,19,21). The van der Waals surface area contributed by atoms with E-state index in [4.69, 9.17) is 5.73 Å². The highest BCUT2D eigenvalue weighted by Gasteiger charge is 2.19. The van der Waals surface area contributed by atoms with Gasteiger partial charge in [0.05, 0.1) is 5.69 Å². The van der Waals surface area contributed by atoms with Crippen molar-refractivity contribution in [1.82, 2.24) is 9.88 Å². The zero-order chi connectivity index (χ0) is 15.4. The van der Waals surface area contributed by atoms with Gasteiger partial charge in [-0.05, 0) is 38.2 Å². The average molecular weight is 291 g/mol. The topological polar surface area (TPSA) is 60.1 Å². The maximum Gasteiger partial charge on any atom is 0.267 e. The molecule has 1 fully saturated rings. The van der Waals surface area contributed by atoms with Crippen molar-refractivity contribution in [2.45, 2.75) is 58.9 Å². The summed E-state index contributed by atoms with van der Waals surface area (Å²) in [6.45, 7) is 7.21. The molecule has 1 heterocycles. The monoisotopic (exact) mass is 291 g/mol. The number of nitrogen functional groups attached to an aromatic ring is 1. The number of nitrogens with two attached hydrogens (primary N) is 1. The van der Waals surface area contributed by atoms with Gasteiger partial charge in [-0.25, -0.2) is 0 Å². The molecule has 0 aliphatic heterocycles. The molecule has 21 heavy (non-hydrogen) atoms. The molecule has 4 heteroatoms. The zero-order valence-electron chi connectivity index (χ0n) is 13.6. The van der Waals surface area contributed by atoms with Crippen LogP contribution in [0.15, 0.2) is 12.3 Å². The van der Waals surface area contributed by atoms with Gasteiger partial charge >= 0.3 is 0 Å². The van der Waals surface area contributed by atoms with Gasteiger partial charge in [-0.3, -0.25) is 4.79 Å². The molecule has 0 atom stereocenters. The molecule has 0 unspecified atom stereocenters. The van der Waals surface area contributed by atoms with Crippen LogP contribution in [-0.2, 0) is 0 Å². The SMILES string of the molecule is CC1CCC(CCNC(=O)c2cc(N)cn2C(C)C)CC1. The van der Waals surface area contributed by atoms with Crippen molar-refractivity contribution in [3.8, 4) is 0 Å². The predicted octanol–water partition coefficient (Wildman–Crippen LogP) is 3.60. The molecule has 1 aliphatic rings. The number of anilines is 1. The number of rotatable bonds is 5. The van der Waals surface area contributed by atoms with Crippen LogP contribution in [0.25, 0.3) is 0 Å². The Morgan fingerprint density at radius 3 is 2.67 bits per heavy atom. The number of amides is 1. The van der Waals surface area contributed by atoms with Crippen LogP contribution in [0.4, 0.5) is 5.69 Å². The van der Waals surface area contributed by atoms with E-state index in [1.165, 1.54) is 25.7 Å². The van der Waals surface area contributed by atoms with E-state index < -0.39 is 0 Å². The molecular formula is C17H29N3O. The van der Waals surface area contributed by atoms with Gasteiger partial charge in [0.25, 0.3) is 5.91 Å². The predicted molar refractivity (Wildman–Crippen MR) is 87.3 cm³/mol. The van der Waals surface area contributed by atoms with Crippen molar-refractivity contribution in [2.75, 3.05) is 12.3 Å². The Morgan fingerprint density at radius 1 is 1.38 bits per heavy atom. The van der Waals surface area contributed by atoms with Gasteiger partial charge in [0.1, 0.15) is 5.69 Å². The van der Waals surface area contributed by atoms with Crippen molar-refractivity contribution in [3.63, 3.8) is 0 Å². The van der Waals surface area contributed by atoms with Gasteiger partial charge in [-0.15, -0.1) is 0 Å². The summed E-state index contributed by atoms with van der Waals surface area (Å²) in [6.07, 6.45) is 8.23. The molecule has 1 aliphatic carbocycles. The Bertz CT molecular complexity index is 470. The second-order valence-corrected chi connectivity index (χ2v) is 6.83. The fourth-order valence-electron chi connectivity index (χ4n) is 3.21. The molecule has 3 N–H and O–H groups in total. The first-order valence-electron chi connectivity index (χ1n) is 8.23. The minimum atomic E-state index is -0.00965. The number of carbonyl (C=O) groups excluding carboxylic acids is 1. The number of aromatic nitrogens is 1. The van der Waals surface area contributed by atoms with E-state index in [-0.39, 0.29) is 11.9 Å². The highest BCUT2D eigenvalue weighted by molar-refractivity contribution is 5.93. The number of nitrogens with zero attached hydrogens (tertiary/aromatic N) is 1. The number of carbonyl (C=O) groups is 1. The number of hydrogen-bond acceptors (Lipinski definition) is 2. The van der Waals surface area contributed by atoms with Crippen molar-refractivity contribution >= 4 is 11.6 Å². The van der Waals surface area contributed by atoms with E-state index >= 15 is 0 Å². The third-order valence-corrected chi connectivity index (χ3v) is 4.63. The highest BCUT2D eigenvalue weighted by Crippen LogP contribution is 2.29. The minimum Gasteiger partial charge on any atom is -0.397 e. The minimum absolute atomic E-state index is 0.00965. The molecule has 4 nitrogen and oxygen atoms in total. The van der Waals surface area contributed by atoms with E-state index in [2.05, 4.69) is 26.1 Å². The maximum atomic E-state index is 12.3. The molecule has 1 saturated carbocycles. The first-order chi connectivity index (χ1) is 9.97.